The molecule has 0 saturated heterocycles. The largest absolute Gasteiger partial charge is 0.348 e. The second-order valence-corrected chi connectivity index (χ2v) is 7.21. The first-order valence-corrected chi connectivity index (χ1v) is 9.54. The summed E-state index contributed by atoms with van der Waals surface area (Å²) >= 11 is 0. The van der Waals surface area contributed by atoms with Crippen molar-refractivity contribution in [2.75, 3.05) is 0 Å². The Kier molecular flexibility index (Phi) is 3.97. The van der Waals surface area contributed by atoms with Crippen molar-refractivity contribution in [3.05, 3.63) is 82.4 Å². The molecule has 1 atom stereocenters. The van der Waals surface area contributed by atoms with E-state index in [0.29, 0.717) is 11.2 Å². The van der Waals surface area contributed by atoms with Gasteiger partial charge in [0.1, 0.15) is 12.1 Å². The van der Waals surface area contributed by atoms with Crippen molar-refractivity contribution >= 4 is 22.6 Å². The number of hydrogen-bond acceptors (Lipinski definition) is 3. The first kappa shape index (κ1) is 16.7. The Morgan fingerprint density at radius 3 is 2.89 bits per heavy atom. The summed E-state index contributed by atoms with van der Waals surface area (Å²) in [5, 5.41) is 3.12. The van der Waals surface area contributed by atoms with Gasteiger partial charge in [0.05, 0.1) is 11.6 Å². The molecule has 3 aromatic heterocycles. The third-order valence-corrected chi connectivity index (χ3v) is 5.50. The Hall–Kier alpha value is -3.41. The van der Waals surface area contributed by atoms with Crippen molar-refractivity contribution in [1.82, 2.24) is 19.3 Å². The lowest BCUT2D eigenvalue weighted by atomic mass is 9.88. The maximum Gasteiger partial charge on any atom is 0.276 e. The fourth-order valence-corrected chi connectivity index (χ4v) is 4.22. The van der Waals surface area contributed by atoms with E-state index in [-0.39, 0.29) is 24.1 Å². The molecule has 1 aromatic carbocycles. The Balaban J connectivity index is 1.50. The molecule has 0 saturated carbocycles. The summed E-state index contributed by atoms with van der Waals surface area (Å²) in [5.74, 6) is -0.174. The molecule has 6 nitrogen and oxygen atoms in total. The van der Waals surface area contributed by atoms with Crippen LogP contribution in [-0.4, -0.2) is 19.9 Å². The average molecular weight is 372 g/mol. The maximum atomic E-state index is 13.0. The lowest BCUT2D eigenvalue weighted by Gasteiger charge is -2.26. The zero-order valence-electron chi connectivity index (χ0n) is 15.3. The summed E-state index contributed by atoms with van der Waals surface area (Å²) in [6, 6.07) is 15.6. The third-order valence-electron chi connectivity index (χ3n) is 5.50. The zero-order chi connectivity index (χ0) is 19.1. The van der Waals surface area contributed by atoms with Gasteiger partial charge in [0, 0.05) is 12.4 Å². The predicted octanol–water partition coefficient (Wildman–Crippen LogP) is 2.84. The molecule has 1 aliphatic carbocycles. The summed E-state index contributed by atoms with van der Waals surface area (Å²) in [6.07, 6.45) is 6.48. The van der Waals surface area contributed by atoms with Crippen LogP contribution >= 0.6 is 0 Å². The molecule has 140 valence electrons. The molecule has 1 aliphatic rings. The van der Waals surface area contributed by atoms with Gasteiger partial charge in [-0.2, -0.15) is 0 Å². The standard InChI is InChI=1S/C22H20N4O2/c27-20(24-17-9-3-7-15-6-1-2-8-16(15)17)14-26-21-18(10-4-12-23-21)25-13-5-11-19(25)22(26)28/h1-2,4-6,8,10-13,17H,3,7,9,14H2,(H,24,27). The quantitative estimate of drug-likeness (QED) is 0.601. The number of hydrogen-bond donors (Lipinski definition) is 1. The molecular formula is C22H20N4O2. The summed E-state index contributed by atoms with van der Waals surface area (Å²) in [7, 11) is 0. The van der Waals surface area contributed by atoms with E-state index in [2.05, 4.69) is 22.4 Å². The van der Waals surface area contributed by atoms with Gasteiger partial charge in [-0.15, -0.1) is 0 Å². The number of nitrogens with one attached hydrogen (secondary N) is 1. The molecule has 6 heteroatoms. The minimum absolute atomic E-state index is 0.00981. The van der Waals surface area contributed by atoms with Gasteiger partial charge in [-0.25, -0.2) is 4.98 Å². The number of rotatable bonds is 3. The number of carbonyl (C=O) groups excluding carboxylic acids is 1. The number of aromatic nitrogens is 3. The van der Waals surface area contributed by atoms with E-state index in [1.165, 1.54) is 15.7 Å². The first-order valence-electron chi connectivity index (χ1n) is 9.54. The van der Waals surface area contributed by atoms with Crippen LogP contribution in [0.5, 0.6) is 0 Å². The van der Waals surface area contributed by atoms with Gasteiger partial charge in [-0.05, 0) is 54.7 Å². The van der Waals surface area contributed by atoms with Gasteiger partial charge >= 0.3 is 0 Å². The third kappa shape index (κ3) is 2.69. The van der Waals surface area contributed by atoms with Crippen molar-refractivity contribution in [3.8, 4) is 0 Å². The van der Waals surface area contributed by atoms with Crippen molar-refractivity contribution < 1.29 is 4.79 Å². The highest BCUT2D eigenvalue weighted by Crippen LogP contribution is 2.29. The van der Waals surface area contributed by atoms with Crippen LogP contribution in [0, 0.1) is 0 Å². The van der Waals surface area contributed by atoms with Crippen molar-refractivity contribution in [1.29, 1.82) is 0 Å². The Labute approximate surface area is 161 Å². The molecule has 0 radical (unpaired) electrons. The van der Waals surface area contributed by atoms with Gasteiger partial charge < -0.3 is 9.72 Å². The van der Waals surface area contributed by atoms with Crippen LogP contribution in [0.3, 0.4) is 0 Å². The van der Waals surface area contributed by atoms with E-state index in [0.717, 1.165) is 24.8 Å². The van der Waals surface area contributed by atoms with Crippen LogP contribution in [-0.2, 0) is 17.8 Å². The molecule has 1 unspecified atom stereocenters. The van der Waals surface area contributed by atoms with E-state index >= 15 is 0 Å². The van der Waals surface area contributed by atoms with E-state index in [9.17, 15) is 9.59 Å². The number of pyridine rings is 1. The van der Waals surface area contributed by atoms with E-state index in [1.807, 2.05) is 40.9 Å². The van der Waals surface area contributed by atoms with E-state index < -0.39 is 0 Å². The van der Waals surface area contributed by atoms with Crippen LogP contribution in [0.15, 0.2) is 65.7 Å². The number of fused-ring (bicyclic) bond motifs is 4. The molecule has 0 fully saturated rings. The molecule has 1 amide bonds. The molecule has 0 bridgehead atoms. The second kappa shape index (κ2) is 6.64. The van der Waals surface area contributed by atoms with E-state index in [1.54, 1.807) is 12.3 Å². The zero-order valence-corrected chi connectivity index (χ0v) is 15.3. The fourth-order valence-electron chi connectivity index (χ4n) is 4.22. The van der Waals surface area contributed by atoms with Crippen LogP contribution in [0.2, 0.25) is 0 Å². The number of benzene rings is 1. The first-order chi connectivity index (χ1) is 13.7. The van der Waals surface area contributed by atoms with Crippen molar-refractivity contribution in [2.24, 2.45) is 0 Å². The Morgan fingerprint density at radius 2 is 1.96 bits per heavy atom. The summed E-state index contributed by atoms with van der Waals surface area (Å²) in [5.41, 5.74) is 4.11. The summed E-state index contributed by atoms with van der Waals surface area (Å²) in [6.45, 7) is -0.0489. The topological polar surface area (TPSA) is 68.4 Å². The smallest absolute Gasteiger partial charge is 0.276 e. The molecule has 5 rings (SSSR count). The highest BCUT2D eigenvalue weighted by Gasteiger charge is 2.22. The Morgan fingerprint density at radius 1 is 1.11 bits per heavy atom. The molecule has 28 heavy (non-hydrogen) atoms. The molecule has 1 N–H and O–H groups in total. The monoisotopic (exact) mass is 372 g/mol. The molecule has 3 heterocycles. The fraction of sp³-hybridized carbons (Fsp3) is 0.227. The summed E-state index contributed by atoms with van der Waals surface area (Å²) in [4.78, 5) is 30.2. The van der Waals surface area contributed by atoms with Crippen LogP contribution in [0.25, 0.3) is 16.7 Å². The van der Waals surface area contributed by atoms with Gasteiger partial charge in [0.15, 0.2) is 5.65 Å². The second-order valence-electron chi connectivity index (χ2n) is 7.21. The normalized spacial score (nSPS) is 16.2. The van der Waals surface area contributed by atoms with Crippen molar-refractivity contribution in [2.45, 2.75) is 31.8 Å². The lowest BCUT2D eigenvalue weighted by molar-refractivity contribution is -0.122. The van der Waals surface area contributed by atoms with Gasteiger partial charge in [0.25, 0.3) is 5.56 Å². The van der Waals surface area contributed by atoms with Gasteiger partial charge in [0.2, 0.25) is 5.91 Å². The SMILES string of the molecule is O=C(Cn1c(=O)c2cccn2c2cccnc21)NC1CCCc2ccccc21. The highest BCUT2D eigenvalue weighted by molar-refractivity contribution is 5.80. The molecular weight excluding hydrogens is 352 g/mol. The Bertz CT molecular complexity index is 1250. The molecule has 0 spiro atoms. The van der Waals surface area contributed by atoms with Gasteiger partial charge in [-0.1, -0.05) is 24.3 Å². The molecule has 4 aromatic rings. The van der Waals surface area contributed by atoms with Crippen molar-refractivity contribution in [3.63, 3.8) is 0 Å². The van der Waals surface area contributed by atoms with Crippen LogP contribution < -0.4 is 10.9 Å². The highest BCUT2D eigenvalue weighted by atomic mass is 16.2. The van der Waals surface area contributed by atoms with E-state index in [4.69, 9.17) is 0 Å². The average Bonchev–Trinajstić information content (AvgIpc) is 3.22. The van der Waals surface area contributed by atoms with Crippen LogP contribution in [0.4, 0.5) is 0 Å². The predicted molar refractivity (Wildman–Crippen MR) is 107 cm³/mol. The number of amides is 1. The minimum Gasteiger partial charge on any atom is -0.348 e. The maximum absolute atomic E-state index is 13.0. The number of aryl methyl sites for hydroxylation is 1. The minimum atomic E-state index is -0.213. The lowest BCUT2D eigenvalue weighted by Crippen LogP contribution is -2.36. The summed E-state index contributed by atoms with van der Waals surface area (Å²) < 4.78 is 3.28. The van der Waals surface area contributed by atoms with Crippen LogP contribution in [0.1, 0.15) is 30.0 Å². The number of nitrogens with zero attached hydrogens (tertiary/aromatic N) is 3. The number of carbonyl (C=O) groups is 1. The molecule has 0 aliphatic heterocycles. The van der Waals surface area contributed by atoms with Gasteiger partial charge in [-0.3, -0.25) is 14.2 Å².